The number of esters is 1. The number of carbonyl (C=O) groups excluding carboxylic acids is 2. The lowest BCUT2D eigenvalue weighted by atomic mass is 9.89. The predicted molar refractivity (Wildman–Crippen MR) is 105 cm³/mol. The van der Waals surface area contributed by atoms with Gasteiger partial charge in [-0.1, -0.05) is 20.4 Å². The summed E-state index contributed by atoms with van der Waals surface area (Å²) in [4.78, 5) is 24.9. The second-order valence-electron chi connectivity index (χ2n) is 8.17. The zero-order valence-corrected chi connectivity index (χ0v) is 18.5. The minimum absolute atomic E-state index is 0.120. The number of piperidine rings is 1. The van der Waals surface area contributed by atoms with E-state index in [0.717, 1.165) is 0 Å². The van der Waals surface area contributed by atoms with Crippen molar-refractivity contribution in [3.63, 3.8) is 0 Å². The molecule has 2 aliphatic heterocycles. The summed E-state index contributed by atoms with van der Waals surface area (Å²) in [5.41, 5.74) is 4.79. The van der Waals surface area contributed by atoms with Crippen LogP contribution in [0.25, 0.3) is 0 Å². The van der Waals surface area contributed by atoms with Crippen LogP contribution in [0, 0.1) is 5.41 Å². The van der Waals surface area contributed by atoms with Gasteiger partial charge in [-0.2, -0.15) is 8.42 Å². The molecule has 2 rings (SSSR count). The minimum atomic E-state index is -4.37. The van der Waals surface area contributed by atoms with Crippen molar-refractivity contribution in [2.45, 2.75) is 51.6 Å². The molecule has 0 unspecified atom stereocenters. The number of carbonyl (C=O) groups is 2. The topological polar surface area (TPSA) is 138 Å². The number of ether oxygens (including phenoxy) is 2. The van der Waals surface area contributed by atoms with Gasteiger partial charge in [0.05, 0.1) is 19.3 Å². The molecule has 2 heterocycles. The molecule has 2 aliphatic rings. The molecular formula is C18H31N3O8S. The molecular weight excluding hydrogens is 418 g/mol. The fourth-order valence-corrected chi connectivity index (χ4v) is 4.25. The van der Waals surface area contributed by atoms with Gasteiger partial charge >= 0.3 is 16.4 Å². The lowest BCUT2D eigenvalue weighted by Crippen LogP contribution is -2.46. The third kappa shape index (κ3) is 6.56. The molecule has 2 saturated heterocycles. The number of nitrogens with two attached hydrogens (primary N) is 1. The van der Waals surface area contributed by atoms with E-state index >= 15 is 0 Å². The zero-order chi connectivity index (χ0) is 22.5. The molecule has 11 nitrogen and oxygen atoms in total. The molecule has 0 saturated carbocycles. The Morgan fingerprint density at radius 2 is 1.97 bits per heavy atom. The van der Waals surface area contributed by atoms with Crippen molar-refractivity contribution in [1.29, 1.82) is 0 Å². The summed E-state index contributed by atoms with van der Waals surface area (Å²) in [6, 6.07) is -0.796. The number of hydrogen-bond acceptors (Lipinski definition) is 10. The van der Waals surface area contributed by atoms with Crippen molar-refractivity contribution in [3.05, 3.63) is 12.4 Å². The molecule has 2 N–H and O–H groups in total. The normalized spacial score (nSPS) is 21.8. The predicted octanol–water partition coefficient (Wildman–Crippen LogP) is 0.281. The first-order chi connectivity index (χ1) is 14.0. The fraction of sp³-hybridized carbons (Fsp3) is 0.778. The number of methoxy groups -OCH3 is 1. The van der Waals surface area contributed by atoms with E-state index in [2.05, 4.69) is 6.58 Å². The van der Waals surface area contributed by atoms with Gasteiger partial charge in [-0.05, 0) is 24.7 Å². The van der Waals surface area contributed by atoms with Crippen molar-refractivity contribution in [2.75, 3.05) is 33.5 Å². The third-order valence-electron chi connectivity index (χ3n) is 5.12. The highest BCUT2D eigenvalue weighted by Crippen LogP contribution is 2.35. The van der Waals surface area contributed by atoms with Crippen LogP contribution >= 0.6 is 0 Å². The van der Waals surface area contributed by atoms with Gasteiger partial charge in [0.15, 0.2) is 0 Å². The van der Waals surface area contributed by atoms with Gasteiger partial charge in [-0.3, -0.25) is 9.59 Å². The maximum atomic E-state index is 12.4. The number of hydroxylamine groups is 2. The monoisotopic (exact) mass is 449 g/mol. The molecule has 0 aromatic carbocycles. The number of rotatable bonds is 12. The van der Waals surface area contributed by atoms with E-state index in [1.165, 1.54) is 12.2 Å². The smallest absolute Gasteiger partial charge is 0.421 e. The lowest BCUT2D eigenvalue weighted by Gasteiger charge is -2.29. The average molecular weight is 450 g/mol. The highest BCUT2D eigenvalue weighted by atomic mass is 32.3. The zero-order valence-electron chi connectivity index (χ0n) is 17.7. The Morgan fingerprint density at radius 3 is 2.60 bits per heavy atom. The molecule has 0 aliphatic carbocycles. The molecule has 0 aromatic heterocycles. The van der Waals surface area contributed by atoms with Crippen LogP contribution in [0.4, 0.5) is 0 Å². The van der Waals surface area contributed by atoms with Gasteiger partial charge in [-0.15, -0.1) is 4.28 Å². The summed E-state index contributed by atoms with van der Waals surface area (Å²) < 4.78 is 44.7. The van der Waals surface area contributed by atoms with E-state index in [1.54, 1.807) is 18.7 Å². The van der Waals surface area contributed by atoms with Crippen LogP contribution in [0.3, 0.4) is 0 Å². The van der Waals surface area contributed by atoms with Crippen LogP contribution in [0.5, 0.6) is 0 Å². The van der Waals surface area contributed by atoms with E-state index < -0.39 is 33.7 Å². The summed E-state index contributed by atoms with van der Waals surface area (Å²) in [7, 11) is -2.87. The summed E-state index contributed by atoms with van der Waals surface area (Å²) in [6.07, 6.45) is 1.51. The van der Waals surface area contributed by atoms with Crippen LogP contribution in [-0.2, 0) is 37.9 Å². The Morgan fingerprint density at radius 1 is 1.27 bits per heavy atom. The molecule has 2 bridgehead atoms. The first-order valence-corrected chi connectivity index (χ1v) is 11.1. The van der Waals surface area contributed by atoms with E-state index in [1.807, 2.05) is 0 Å². The second kappa shape index (κ2) is 9.94. The summed E-state index contributed by atoms with van der Waals surface area (Å²) in [5, 5.41) is 1.17. The van der Waals surface area contributed by atoms with Gasteiger partial charge in [0, 0.05) is 20.1 Å². The maximum Gasteiger partial charge on any atom is 0.421 e. The maximum absolute atomic E-state index is 12.4. The number of primary amides is 1. The lowest BCUT2D eigenvalue weighted by molar-refractivity contribution is -0.145. The standard InChI is InChI=1S/C18H31N3O8S/c1-13-20-11-14(5-6-15(20)17(19)23)21(13)29-30(24,25)28-12-18(2,3)8-7-16(22)27-10-9-26-4/h14-15H,1,5-12H2,2-4H3,(H2,19,23)/t14-,15+/m1/s1. The molecule has 0 spiro atoms. The summed E-state index contributed by atoms with van der Waals surface area (Å²) >= 11 is 0. The van der Waals surface area contributed by atoms with Gasteiger partial charge in [0.2, 0.25) is 5.91 Å². The highest BCUT2D eigenvalue weighted by Gasteiger charge is 2.45. The van der Waals surface area contributed by atoms with E-state index in [0.29, 0.717) is 32.4 Å². The number of fused-ring (bicyclic) bond motifs is 2. The van der Waals surface area contributed by atoms with Crippen LogP contribution in [0.2, 0.25) is 0 Å². The highest BCUT2D eigenvalue weighted by molar-refractivity contribution is 7.81. The fourth-order valence-electron chi connectivity index (χ4n) is 3.34. The molecule has 0 radical (unpaired) electrons. The largest absolute Gasteiger partial charge is 0.463 e. The Balaban J connectivity index is 1.84. The molecule has 1 amide bonds. The number of nitrogens with zero attached hydrogens (tertiary/aromatic N) is 2. The minimum Gasteiger partial charge on any atom is -0.463 e. The Labute approximate surface area is 177 Å². The third-order valence-corrected chi connectivity index (χ3v) is 5.87. The van der Waals surface area contributed by atoms with Gasteiger partial charge < -0.3 is 20.1 Å². The molecule has 2 atom stereocenters. The summed E-state index contributed by atoms with van der Waals surface area (Å²) in [6.45, 7) is 8.07. The number of hydrogen-bond donors (Lipinski definition) is 1. The Kier molecular flexibility index (Phi) is 8.08. The van der Waals surface area contributed by atoms with Crippen LogP contribution in [0.1, 0.15) is 39.5 Å². The van der Waals surface area contributed by atoms with Crippen molar-refractivity contribution >= 4 is 22.3 Å². The van der Waals surface area contributed by atoms with Crippen molar-refractivity contribution in [3.8, 4) is 0 Å². The van der Waals surface area contributed by atoms with E-state index in [9.17, 15) is 18.0 Å². The van der Waals surface area contributed by atoms with Crippen LogP contribution in [0.15, 0.2) is 12.4 Å². The second-order valence-corrected chi connectivity index (χ2v) is 9.37. The SMILES string of the molecule is C=C1N2C[C@@H](CC[C@H]2C(N)=O)N1OS(=O)(=O)OCC(C)(C)CCC(=O)OCCOC. The molecule has 2 fully saturated rings. The van der Waals surface area contributed by atoms with E-state index in [4.69, 9.17) is 23.7 Å². The average Bonchev–Trinajstić information content (AvgIpc) is 2.89. The quantitative estimate of drug-likeness (QED) is 0.326. The van der Waals surface area contributed by atoms with Crippen molar-refractivity contribution in [1.82, 2.24) is 9.96 Å². The van der Waals surface area contributed by atoms with Crippen LogP contribution < -0.4 is 5.73 Å². The first kappa shape index (κ1) is 24.4. The van der Waals surface area contributed by atoms with Gasteiger partial charge in [0.25, 0.3) is 0 Å². The van der Waals surface area contributed by atoms with Crippen LogP contribution in [-0.4, -0.2) is 75.8 Å². The summed E-state index contributed by atoms with van der Waals surface area (Å²) in [5.74, 6) is -0.623. The molecule has 12 heteroatoms. The number of amides is 1. The first-order valence-electron chi connectivity index (χ1n) is 9.73. The molecule has 30 heavy (non-hydrogen) atoms. The van der Waals surface area contributed by atoms with Gasteiger partial charge in [-0.25, -0.2) is 9.25 Å². The van der Waals surface area contributed by atoms with Gasteiger partial charge in [0.1, 0.15) is 18.5 Å². The Bertz CT molecular complexity index is 755. The van der Waals surface area contributed by atoms with Crippen molar-refractivity contribution < 1.29 is 35.9 Å². The molecule has 172 valence electrons. The van der Waals surface area contributed by atoms with E-state index in [-0.39, 0.29) is 31.5 Å². The molecule has 0 aromatic rings. The van der Waals surface area contributed by atoms with Crippen molar-refractivity contribution in [2.24, 2.45) is 11.1 Å². The Hall–Kier alpha value is -1.89.